The maximum Gasteiger partial charge on any atom is 0.144 e. The van der Waals surface area contributed by atoms with E-state index in [0.717, 1.165) is 0 Å². The standard InChI is InChI=1S/C11H20OSi/c1-5-6-7-10-11(12-10)8-9-13(2,3)4/h10-11H,5-7H2,1-4H3/t10?,11-/m1/s1. The van der Waals surface area contributed by atoms with Gasteiger partial charge < -0.3 is 4.74 Å². The van der Waals surface area contributed by atoms with Crippen molar-refractivity contribution in [2.24, 2.45) is 0 Å². The number of hydrogen-bond acceptors (Lipinski definition) is 1. The van der Waals surface area contributed by atoms with Crippen LogP contribution in [0.25, 0.3) is 0 Å². The third kappa shape index (κ3) is 4.49. The third-order valence-electron chi connectivity index (χ3n) is 2.01. The van der Waals surface area contributed by atoms with Crippen molar-refractivity contribution in [3.05, 3.63) is 0 Å². The highest BCUT2D eigenvalue weighted by molar-refractivity contribution is 6.83. The summed E-state index contributed by atoms with van der Waals surface area (Å²) in [7, 11) is -1.18. The first-order valence-corrected chi connectivity index (χ1v) is 8.71. The van der Waals surface area contributed by atoms with E-state index < -0.39 is 8.07 Å². The van der Waals surface area contributed by atoms with Gasteiger partial charge in [-0.1, -0.05) is 45.3 Å². The maximum atomic E-state index is 5.46. The van der Waals surface area contributed by atoms with E-state index in [1.54, 1.807) is 0 Å². The van der Waals surface area contributed by atoms with Gasteiger partial charge in [0.25, 0.3) is 0 Å². The Balaban J connectivity index is 2.23. The average molecular weight is 196 g/mol. The summed E-state index contributed by atoms with van der Waals surface area (Å²) in [5, 5.41) is 0. The number of ether oxygens (including phenoxy) is 1. The first kappa shape index (κ1) is 10.8. The topological polar surface area (TPSA) is 12.5 Å². The second-order valence-electron chi connectivity index (χ2n) is 4.76. The van der Waals surface area contributed by atoms with Crippen LogP contribution in [-0.4, -0.2) is 20.3 Å². The molecule has 1 heterocycles. The quantitative estimate of drug-likeness (QED) is 0.384. The van der Waals surface area contributed by atoms with Crippen LogP contribution in [0, 0.1) is 11.5 Å². The molecule has 0 radical (unpaired) electrons. The minimum Gasteiger partial charge on any atom is -0.356 e. The smallest absolute Gasteiger partial charge is 0.144 e. The lowest BCUT2D eigenvalue weighted by molar-refractivity contribution is 0.377. The SMILES string of the molecule is CCCCC1O[C@@H]1C#C[Si](C)(C)C. The Morgan fingerprint density at radius 1 is 1.31 bits per heavy atom. The minimum absolute atomic E-state index is 0.276. The van der Waals surface area contributed by atoms with Crippen molar-refractivity contribution in [1.82, 2.24) is 0 Å². The number of unbranched alkanes of at least 4 members (excludes halogenated alkanes) is 1. The van der Waals surface area contributed by atoms with E-state index in [9.17, 15) is 0 Å². The van der Waals surface area contributed by atoms with Crippen molar-refractivity contribution in [3.8, 4) is 11.5 Å². The van der Waals surface area contributed by atoms with Crippen LogP contribution >= 0.6 is 0 Å². The molecule has 0 aromatic heterocycles. The van der Waals surface area contributed by atoms with Gasteiger partial charge in [0.2, 0.25) is 0 Å². The zero-order valence-corrected chi connectivity index (χ0v) is 10.2. The molecule has 0 spiro atoms. The molecule has 1 fully saturated rings. The van der Waals surface area contributed by atoms with E-state index >= 15 is 0 Å². The van der Waals surface area contributed by atoms with Gasteiger partial charge in [0.05, 0.1) is 6.10 Å². The predicted molar refractivity (Wildman–Crippen MR) is 59.3 cm³/mol. The summed E-state index contributed by atoms with van der Waals surface area (Å²) in [5.74, 6) is 3.25. The van der Waals surface area contributed by atoms with Gasteiger partial charge in [0.1, 0.15) is 14.2 Å². The number of epoxide rings is 1. The van der Waals surface area contributed by atoms with Gasteiger partial charge in [-0.05, 0) is 6.42 Å². The van der Waals surface area contributed by atoms with Gasteiger partial charge in [-0.3, -0.25) is 0 Å². The molecule has 0 amide bonds. The molecule has 2 atom stereocenters. The van der Waals surface area contributed by atoms with Crippen LogP contribution < -0.4 is 0 Å². The lowest BCUT2D eigenvalue weighted by Gasteiger charge is -2.02. The molecule has 1 aliphatic heterocycles. The fourth-order valence-corrected chi connectivity index (χ4v) is 1.76. The second-order valence-corrected chi connectivity index (χ2v) is 9.51. The van der Waals surface area contributed by atoms with Gasteiger partial charge in [-0.15, -0.1) is 5.54 Å². The van der Waals surface area contributed by atoms with Crippen molar-refractivity contribution < 1.29 is 4.74 Å². The summed E-state index contributed by atoms with van der Waals surface area (Å²) in [6.07, 6.45) is 4.47. The molecule has 1 aliphatic rings. The Morgan fingerprint density at radius 2 is 2.00 bits per heavy atom. The molecule has 2 heteroatoms. The number of hydrogen-bond donors (Lipinski definition) is 0. The first-order chi connectivity index (χ1) is 6.03. The summed E-state index contributed by atoms with van der Waals surface area (Å²) in [5.41, 5.74) is 3.35. The van der Waals surface area contributed by atoms with E-state index in [0.29, 0.717) is 6.10 Å². The minimum atomic E-state index is -1.18. The van der Waals surface area contributed by atoms with Crippen LogP contribution in [0.4, 0.5) is 0 Å². The lowest BCUT2D eigenvalue weighted by Crippen LogP contribution is -2.16. The van der Waals surface area contributed by atoms with Crippen molar-refractivity contribution in [2.75, 3.05) is 0 Å². The van der Waals surface area contributed by atoms with Crippen molar-refractivity contribution >= 4 is 8.07 Å². The van der Waals surface area contributed by atoms with Crippen LogP contribution in [0.2, 0.25) is 19.6 Å². The highest BCUT2D eigenvalue weighted by atomic mass is 28.3. The summed E-state index contributed by atoms with van der Waals surface area (Å²) >= 11 is 0. The van der Waals surface area contributed by atoms with E-state index in [2.05, 4.69) is 38.0 Å². The molecule has 0 saturated carbocycles. The molecule has 0 aliphatic carbocycles. The third-order valence-corrected chi connectivity index (χ3v) is 2.91. The van der Waals surface area contributed by atoms with Crippen LogP contribution in [0.15, 0.2) is 0 Å². The lowest BCUT2D eigenvalue weighted by atomic mass is 10.2. The molecule has 13 heavy (non-hydrogen) atoms. The molecule has 1 rings (SSSR count). The summed E-state index contributed by atoms with van der Waals surface area (Å²) in [6, 6.07) is 0. The highest BCUT2D eigenvalue weighted by Gasteiger charge is 2.36. The van der Waals surface area contributed by atoms with Crippen LogP contribution in [0.1, 0.15) is 26.2 Å². The Labute approximate surface area is 82.9 Å². The van der Waals surface area contributed by atoms with Gasteiger partial charge in [-0.2, -0.15) is 0 Å². The fourth-order valence-electron chi connectivity index (χ4n) is 1.18. The highest BCUT2D eigenvalue weighted by Crippen LogP contribution is 2.26. The van der Waals surface area contributed by atoms with Crippen LogP contribution in [0.3, 0.4) is 0 Å². The zero-order chi connectivity index (χ0) is 9.90. The molecule has 1 saturated heterocycles. The van der Waals surface area contributed by atoms with Gasteiger partial charge >= 0.3 is 0 Å². The summed E-state index contributed by atoms with van der Waals surface area (Å²) < 4.78 is 5.46. The number of rotatable bonds is 3. The molecular formula is C11H20OSi. The Kier molecular flexibility index (Phi) is 3.58. The molecule has 0 bridgehead atoms. The first-order valence-electron chi connectivity index (χ1n) is 5.21. The van der Waals surface area contributed by atoms with E-state index in [4.69, 9.17) is 4.74 Å². The van der Waals surface area contributed by atoms with Crippen molar-refractivity contribution in [2.45, 2.75) is 58.0 Å². The molecule has 0 aromatic carbocycles. The normalized spacial score (nSPS) is 26.5. The van der Waals surface area contributed by atoms with E-state index in [-0.39, 0.29) is 6.10 Å². The van der Waals surface area contributed by atoms with Crippen LogP contribution in [-0.2, 0) is 4.74 Å². The Hall–Kier alpha value is -0.263. The molecule has 0 aromatic rings. The second kappa shape index (κ2) is 4.30. The average Bonchev–Trinajstić information content (AvgIpc) is 2.75. The Morgan fingerprint density at radius 3 is 2.54 bits per heavy atom. The molecule has 0 N–H and O–H groups in total. The maximum absolute atomic E-state index is 5.46. The summed E-state index contributed by atoms with van der Waals surface area (Å²) in [4.78, 5) is 0. The molecule has 1 nitrogen and oxygen atoms in total. The van der Waals surface area contributed by atoms with Crippen molar-refractivity contribution in [3.63, 3.8) is 0 Å². The molecule has 1 unspecified atom stereocenters. The van der Waals surface area contributed by atoms with Gasteiger partial charge in [0, 0.05) is 0 Å². The zero-order valence-electron chi connectivity index (χ0n) is 9.18. The van der Waals surface area contributed by atoms with E-state index in [1.165, 1.54) is 19.3 Å². The van der Waals surface area contributed by atoms with E-state index in [1.807, 2.05) is 0 Å². The van der Waals surface area contributed by atoms with Gasteiger partial charge in [-0.25, -0.2) is 0 Å². The molecular weight excluding hydrogens is 176 g/mol. The largest absolute Gasteiger partial charge is 0.356 e. The van der Waals surface area contributed by atoms with Crippen molar-refractivity contribution in [1.29, 1.82) is 0 Å². The predicted octanol–water partition coefficient (Wildman–Crippen LogP) is 2.82. The molecule has 74 valence electrons. The summed E-state index contributed by atoms with van der Waals surface area (Å²) in [6.45, 7) is 9.02. The van der Waals surface area contributed by atoms with Gasteiger partial charge in [0.15, 0.2) is 0 Å². The monoisotopic (exact) mass is 196 g/mol. The fraction of sp³-hybridized carbons (Fsp3) is 0.818. The van der Waals surface area contributed by atoms with Crippen LogP contribution in [0.5, 0.6) is 0 Å². The Bertz CT molecular complexity index is 218.